The Morgan fingerprint density at radius 1 is 1.00 bits per heavy atom. The fourth-order valence-corrected chi connectivity index (χ4v) is 0.623. The zero-order valence-corrected chi connectivity index (χ0v) is 7.00. The summed E-state index contributed by atoms with van der Waals surface area (Å²) >= 11 is 0. The van der Waals surface area contributed by atoms with Crippen molar-refractivity contribution in [3.63, 3.8) is 0 Å². The van der Waals surface area contributed by atoms with Gasteiger partial charge in [-0.25, -0.2) is 17.6 Å². The molecular formula is C6H6F8O. The van der Waals surface area contributed by atoms with Crippen molar-refractivity contribution in [2.24, 2.45) is 0 Å². The van der Waals surface area contributed by atoms with E-state index < -0.39 is 37.9 Å². The number of halogens is 8. The molecule has 15 heavy (non-hydrogen) atoms. The Balaban J connectivity index is 4.67. The van der Waals surface area contributed by atoms with Crippen LogP contribution in [0.4, 0.5) is 35.1 Å². The third-order valence-corrected chi connectivity index (χ3v) is 1.42. The van der Waals surface area contributed by atoms with Gasteiger partial charge < -0.3 is 4.74 Å². The highest BCUT2D eigenvalue weighted by Crippen LogP contribution is 2.40. The zero-order valence-electron chi connectivity index (χ0n) is 7.00. The van der Waals surface area contributed by atoms with Crippen molar-refractivity contribution < 1.29 is 39.9 Å². The van der Waals surface area contributed by atoms with Crippen LogP contribution in [0.25, 0.3) is 0 Å². The van der Waals surface area contributed by atoms with E-state index in [0.717, 1.165) is 0 Å². The molecule has 0 aliphatic rings. The lowest BCUT2D eigenvalue weighted by atomic mass is 10.1. The summed E-state index contributed by atoms with van der Waals surface area (Å²) in [7, 11) is 0. The van der Waals surface area contributed by atoms with E-state index in [1.807, 2.05) is 0 Å². The third kappa shape index (κ3) is 3.18. The van der Waals surface area contributed by atoms with Crippen LogP contribution in [0, 0.1) is 0 Å². The Hall–Kier alpha value is -0.600. The van der Waals surface area contributed by atoms with Crippen molar-refractivity contribution in [3.8, 4) is 0 Å². The molecule has 0 saturated heterocycles. The van der Waals surface area contributed by atoms with Gasteiger partial charge in [0.2, 0.25) is 6.17 Å². The molecule has 0 rings (SSSR count). The molecule has 1 unspecified atom stereocenters. The first-order valence-electron chi connectivity index (χ1n) is 3.48. The van der Waals surface area contributed by atoms with E-state index in [1.54, 1.807) is 0 Å². The minimum Gasteiger partial charge on any atom is -0.344 e. The number of hydrogen-bond donors (Lipinski definition) is 0. The lowest BCUT2D eigenvalue weighted by Crippen LogP contribution is -2.53. The summed E-state index contributed by atoms with van der Waals surface area (Å²) in [6, 6.07) is 0. The van der Waals surface area contributed by atoms with Crippen LogP contribution < -0.4 is 0 Å². The van der Waals surface area contributed by atoms with Gasteiger partial charge in [-0.3, -0.25) is 0 Å². The van der Waals surface area contributed by atoms with Gasteiger partial charge in [-0.1, -0.05) is 0 Å². The van der Waals surface area contributed by atoms with Crippen LogP contribution in [0.5, 0.6) is 0 Å². The van der Waals surface area contributed by atoms with E-state index in [4.69, 9.17) is 0 Å². The molecule has 1 atom stereocenters. The van der Waals surface area contributed by atoms with Gasteiger partial charge in [0.15, 0.2) is 6.86 Å². The van der Waals surface area contributed by atoms with E-state index in [2.05, 4.69) is 4.74 Å². The normalized spacial score (nSPS) is 15.8. The molecular weight excluding hydrogens is 240 g/mol. The van der Waals surface area contributed by atoms with Gasteiger partial charge in [-0.05, 0) is 0 Å². The average Bonchev–Trinajstić information content (AvgIpc) is 2.13. The molecule has 1 nitrogen and oxygen atoms in total. The topological polar surface area (TPSA) is 9.23 Å². The second-order valence-corrected chi connectivity index (χ2v) is 2.52. The van der Waals surface area contributed by atoms with Crippen molar-refractivity contribution in [1.29, 1.82) is 0 Å². The molecule has 9 heteroatoms. The SMILES string of the molecule is FCOCC(F)(F)C(F)(F)C(F)C(F)F. The van der Waals surface area contributed by atoms with Gasteiger partial charge in [-0.15, -0.1) is 0 Å². The first-order chi connectivity index (χ1) is 6.66. The molecule has 0 aliphatic heterocycles. The maximum absolute atomic E-state index is 12.4. The molecule has 0 amide bonds. The first-order valence-corrected chi connectivity index (χ1v) is 3.48. The van der Waals surface area contributed by atoms with Crippen molar-refractivity contribution >= 4 is 0 Å². The average molecular weight is 246 g/mol. The highest BCUT2D eigenvalue weighted by molar-refractivity contribution is 4.92. The molecule has 0 spiro atoms. The van der Waals surface area contributed by atoms with Crippen LogP contribution >= 0.6 is 0 Å². The van der Waals surface area contributed by atoms with Crippen LogP contribution in [-0.2, 0) is 4.74 Å². The molecule has 0 radical (unpaired) electrons. The third-order valence-electron chi connectivity index (χ3n) is 1.42. The maximum atomic E-state index is 12.4. The largest absolute Gasteiger partial charge is 0.348 e. The Labute approximate surface area is 79.0 Å². The van der Waals surface area contributed by atoms with E-state index in [1.165, 1.54) is 0 Å². The molecule has 0 aromatic rings. The predicted octanol–water partition coefficient (Wildman–Crippen LogP) is 2.80. The maximum Gasteiger partial charge on any atom is 0.348 e. The van der Waals surface area contributed by atoms with Crippen LogP contribution in [0.3, 0.4) is 0 Å². The summed E-state index contributed by atoms with van der Waals surface area (Å²) in [5.74, 6) is -10.8. The van der Waals surface area contributed by atoms with E-state index in [0.29, 0.717) is 0 Å². The summed E-state index contributed by atoms with van der Waals surface area (Å²) in [4.78, 5) is 0. The quantitative estimate of drug-likeness (QED) is 0.655. The lowest BCUT2D eigenvalue weighted by molar-refractivity contribution is -0.275. The van der Waals surface area contributed by atoms with E-state index in [9.17, 15) is 35.1 Å². The molecule has 0 saturated carbocycles. The standard InChI is InChI=1S/C6H6F8O/c7-2-15-1-5(11,12)6(13,14)3(8)4(9)10/h3-4H,1-2H2. The van der Waals surface area contributed by atoms with Crippen molar-refractivity contribution in [2.75, 3.05) is 13.5 Å². The lowest BCUT2D eigenvalue weighted by Gasteiger charge is -2.28. The smallest absolute Gasteiger partial charge is 0.344 e. The Morgan fingerprint density at radius 2 is 1.47 bits per heavy atom. The van der Waals surface area contributed by atoms with E-state index >= 15 is 0 Å². The van der Waals surface area contributed by atoms with Crippen molar-refractivity contribution in [2.45, 2.75) is 24.4 Å². The monoisotopic (exact) mass is 246 g/mol. The fourth-order valence-electron chi connectivity index (χ4n) is 0.623. The van der Waals surface area contributed by atoms with Crippen LogP contribution in [-0.4, -0.2) is 37.9 Å². The van der Waals surface area contributed by atoms with Crippen molar-refractivity contribution in [3.05, 3.63) is 0 Å². The summed E-state index contributed by atoms with van der Waals surface area (Å²) in [5.41, 5.74) is 0. The molecule has 0 aromatic heterocycles. The Kier molecular flexibility index (Phi) is 4.75. The predicted molar refractivity (Wildman–Crippen MR) is 32.7 cm³/mol. The minimum absolute atomic E-state index is 1.81. The number of rotatable bonds is 6. The van der Waals surface area contributed by atoms with Crippen LogP contribution in [0.2, 0.25) is 0 Å². The van der Waals surface area contributed by atoms with Crippen LogP contribution in [0.15, 0.2) is 0 Å². The molecule has 0 aliphatic carbocycles. The first kappa shape index (κ1) is 14.4. The second-order valence-electron chi connectivity index (χ2n) is 2.52. The van der Waals surface area contributed by atoms with Gasteiger partial charge in [0.1, 0.15) is 6.61 Å². The molecule has 0 fully saturated rings. The minimum atomic E-state index is -5.61. The Bertz CT molecular complexity index is 194. The number of ether oxygens (including phenoxy) is 1. The molecule has 0 aromatic carbocycles. The molecule has 0 bridgehead atoms. The highest BCUT2D eigenvalue weighted by atomic mass is 19.3. The summed E-state index contributed by atoms with van der Waals surface area (Å²) in [5, 5.41) is 0. The number of alkyl halides is 8. The zero-order chi connectivity index (χ0) is 12.3. The van der Waals surface area contributed by atoms with Gasteiger partial charge in [0, 0.05) is 0 Å². The molecule has 0 N–H and O–H groups in total. The van der Waals surface area contributed by atoms with Gasteiger partial charge in [-0.2, -0.15) is 17.6 Å². The Morgan fingerprint density at radius 3 is 1.80 bits per heavy atom. The molecule has 0 heterocycles. The second kappa shape index (κ2) is 4.95. The highest BCUT2D eigenvalue weighted by Gasteiger charge is 2.64. The summed E-state index contributed by atoms with van der Waals surface area (Å²) in [6.45, 7) is -3.99. The summed E-state index contributed by atoms with van der Waals surface area (Å²) in [6.07, 6.45) is -8.60. The van der Waals surface area contributed by atoms with Crippen molar-refractivity contribution in [1.82, 2.24) is 0 Å². The van der Waals surface area contributed by atoms with E-state index in [-0.39, 0.29) is 0 Å². The van der Waals surface area contributed by atoms with Crippen LogP contribution in [0.1, 0.15) is 0 Å². The molecule has 92 valence electrons. The fraction of sp³-hybridized carbons (Fsp3) is 1.00. The number of hydrogen-bond acceptors (Lipinski definition) is 1. The van der Waals surface area contributed by atoms with Gasteiger partial charge >= 0.3 is 11.8 Å². The van der Waals surface area contributed by atoms with Gasteiger partial charge in [0.05, 0.1) is 0 Å². The van der Waals surface area contributed by atoms with Gasteiger partial charge in [0.25, 0.3) is 6.43 Å². The summed E-state index contributed by atoms with van der Waals surface area (Å²) < 4.78 is 99.1.